The molecule has 1 fully saturated rings. The minimum atomic E-state index is -0.498. The van der Waals surface area contributed by atoms with E-state index in [1.54, 1.807) is 0 Å². The molecule has 0 aromatic heterocycles. The first-order valence-corrected chi connectivity index (χ1v) is 9.40. The van der Waals surface area contributed by atoms with Crippen molar-refractivity contribution in [3.05, 3.63) is 29.8 Å². The van der Waals surface area contributed by atoms with Crippen molar-refractivity contribution in [2.45, 2.75) is 76.9 Å². The fourth-order valence-corrected chi connectivity index (χ4v) is 3.01. The lowest BCUT2D eigenvalue weighted by atomic mass is 10.1. The highest BCUT2D eigenvalue weighted by Gasteiger charge is 2.46. The normalized spacial score (nSPS) is 19.2. The number of benzene rings is 1. The first-order chi connectivity index (χ1) is 11.7. The molecule has 2 unspecified atom stereocenters. The van der Waals surface area contributed by atoms with Gasteiger partial charge in [0.15, 0.2) is 6.10 Å². The molecular weight excluding hydrogens is 302 g/mol. The van der Waals surface area contributed by atoms with Crippen LogP contribution in [-0.2, 0) is 9.53 Å². The van der Waals surface area contributed by atoms with Gasteiger partial charge in [-0.3, -0.25) is 4.79 Å². The number of para-hydroxylation sites is 1. The third-order valence-electron chi connectivity index (χ3n) is 4.50. The number of carbonyl (C=O) groups excluding carboxylic acids is 1. The van der Waals surface area contributed by atoms with Crippen molar-refractivity contribution in [2.24, 2.45) is 5.73 Å². The predicted molar refractivity (Wildman–Crippen MR) is 96.0 cm³/mol. The Morgan fingerprint density at radius 3 is 2.29 bits per heavy atom. The van der Waals surface area contributed by atoms with Crippen LogP contribution in [0.2, 0.25) is 0 Å². The van der Waals surface area contributed by atoms with Gasteiger partial charge in [-0.25, -0.2) is 0 Å². The van der Waals surface area contributed by atoms with Gasteiger partial charge < -0.3 is 15.2 Å². The molecule has 134 valence electrons. The maximum atomic E-state index is 11.2. The average molecular weight is 333 g/mol. The third-order valence-corrected chi connectivity index (χ3v) is 4.50. The number of rotatable bonds is 13. The van der Waals surface area contributed by atoms with Crippen LogP contribution < -0.4 is 10.5 Å². The lowest BCUT2D eigenvalue weighted by Gasteiger charge is -2.10. The zero-order valence-corrected chi connectivity index (χ0v) is 14.8. The van der Waals surface area contributed by atoms with E-state index in [2.05, 4.69) is 6.92 Å². The Morgan fingerprint density at radius 1 is 1.04 bits per heavy atom. The molecule has 24 heavy (non-hydrogen) atoms. The van der Waals surface area contributed by atoms with Crippen LogP contribution in [0.15, 0.2) is 24.3 Å². The van der Waals surface area contributed by atoms with Crippen LogP contribution in [0, 0.1) is 0 Å². The van der Waals surface area contributed by atoms with Gasteiger partial charge in [-0.1, -0.05) is 76.5 Å². The molecule has 2 rings (SSSR count). The summed E-state index contributed by atoms with van der Waals surface area (Å²) >= 11 is 0. The summed E-state index contributed by atoms with van der Waals surface area (Å²) in [6.07, 6.45) is 10.9. The molecule has 2 N–H and O–H groups in total. The SMILES string of the molecule is CCCCCCCCCCCOc1ccccc1C1OC1C(N)=O. The molecule has 0 aliphatic carbocycles. The van der Waals surface area contributed by atoms with E-state index < -0.39 is 12.0 Å². The minimum Gasteiger partial charge on any atom is -0.493 e. The van der Waals surface area contributed by atoms with E-state index in [0.717, 1.165) is 17.7 Å². The smallest absolute Gasteiger partial charge is 0.249 e. The van der Waals surface area contributed by atoms with Crippen molar-refractivity contribution >= 4 is 5.91 Å². The fourth-order valence-electron chi connectivity index (χ4n) is 3.01. The summed E-state index contributed by atoms with van der Waals surface area (Å²) in [7, 11) is 0. The van der Waals surface area contributed by atoms with Crippen molar-refractivity contribution in [3.8, 4) is 5.75 Å². The minimum absolute atomic E-state index is 0.234. The highest BCUT2D eigenvalue weighted by Crippen LogP contribution is 2.42. The van der Waals surface area contributed by atoms with Gasteiger partial charge in [0.2, 0.25) is 5.91 Å². The molecule has 0 spiro atoms. The second-order valence-corrected chi connectivity index (χ2v) is 6.59. The van der Waals surface area contributed by atoms with Crippen LogP contribution in [0.5, 0.6) is 5.75 Å². The van der Waals surface area contributed by atoms with Gasteiger partial charge in [-0.05, 0) is 12.5 Å². The van der Waals surface area contributed by atoms with Gasteiger partial charge in [0.1, 0.15) is 11.9 Å². The van der Waals surface area contributed by atoms with Gasteiger partial charge >= 0.3 is 0 Å². The maximum Gasteiger partial charge on any atom is 0.249 e. The van der Waals surface area contributed by atoms with Crippen molar-refractivity contribution in [3.63, 3.8) is 0 Å². The molecule has 2 atom stereocenters. The number of primary amides is 1. The molecule has 4 nitrogen and oxygen atoms in total. The number of nitrogens with two attached hydrogens (primary N) is 1. The quantitative estimate of drug-likeness (QED) is 0.426. The highest BCUT2D eigenvalue weighted by atomic mass is 16.6. The summed E-state index contributed by atoms with van der Waals surface area (Å²) < 4.78 is 11.2. The Morgan fingerprint density at radius 2 is 1.67 bits per heavy atom. The van der Waals surface area contributed by atoms with Gasteiger partial charge in [0.05, 0.1) is 6.61 Å². The van der Waals surface area contributed by atoms with Gasteiger partial charge in [0.25, 0.3) is 0 Å². The molecule has 0 radical (unpaired) electrons. The van der Waals surface area contributed by atoms with E-state index >= 15 is 0 Å². The summed E-state index contributed by atoms with van der Waals surface area (Å²) in [4.78, 5) is 11.2. The Balaban J connectivity index is 1.59. The Bertz CT molecular complexity index is 503. The molecule has 1 amide bonds. The van der Waals surface area contributed by atoms with Gasteiger partial charge in [0, 0.05) is 5.56 Å². The van der Waals surface area contributed by atoms with Crippen molar-refractivity contribution in [1.29, 1.82) is 0 Å². The summed E-state index contributed by atoms with van der Waals surface area (Å²) in [5.41, 5.74) is 6.21. The molecule has 4 heteroatoms. The van der Waals surface area contributed by atoms with Crippen LogP contribution in [0.25, 0.3) is 0 Å². The largest absolute Gasteiger partial charge is 0.493 e. The number of hydrogen-bond donors (Lipinski definition) is 1. The Kier molecular flexibility index (Phi) is 8.10. The molecular formula is C20H31NO3. The molecule has 0 bridgehead atoms. The van der Waals surface area contributed by atoms with E-state index in [9.17, 15) is 4.79 Å². The van der Waals surface area contributed by atoms with E-state index in [1.807, 2.05) is 24.3 Å². The zero-order valence-electron chi connectivity index (χ0n) is 14.8. The van der Waals surface area contributed by atoms with Gasteiger partial charge in [-0.2, -0.15) is 0 Å². The topological polar surface area (TPSA) is 64.8 Å². The third kappa shape index (κ3) is 6.16. The number of amides is 1. The molecule has 1 saturated heterocycles. The number of carbonyl (C=O) groups is 1. The number of epoxide rings is 1. The molecule has 1 aliphatic heterocycles. The Labute approximate surface area is 145 Å². The molecule has 0 saturated carbocycles. The first-order valence-electron chi connectivity index (χ1n) is 9.40. The predicted octanol–water partition coefficient (Wildman–Crippen LogP) is 4.52. The highest BCUT2D eigenvalue weighted by molar-refractivity contribution is 5.82. The summed E-state index contributed by atoms with van der Waals surface area (Å²) in [6, 6.07) is 7.75. The summed E-state index contributed by atoms with van der Waals surface area (Å²) in [6.45, 7) is 2.96. The van der Waals surface area contributed by atoms with Crippen molar-refractivity contribution in [2.75, 3.05) is 6.61 Å². The molecule has 1 aromatic rings. The van der Waals surface area contributed by atoms with Crippen molar-refractivity contribution in [1.82, 2.24) is 0 Å². The summed E-state index contributed by atoms with van der Waals surface area (Å²) in [5.74, 6) is 0.402. The van der Waals surface area contributed by atoms with Crippen LogP contribution in [0.3, 0.4) is 0 Å². The van der Waals surface area contributed by atoms with Crippen LogP contribution >= 0.6 is 0 Å². The number of unbranched alkanes of at least 4 members (excludes halogenated alkanes) is 8. The standard InChI is InChI=1S/C20H31NO3/c1-2-3-4-5-6-7-8-9-12-15-23-17-14-11-10-13-16(17)18-19(24-18)20(21)22/h10-11,13-14,18-19H,2-9,12,15H2,1H3,(H2,21,22). The molecule has 1 aromatic carbocycles. The maximum absolute atomic E-state index is 11.2. The first kappa shape index (κ1) is 18.8. The summed E-state index contributed by atoms with van der Waals surface area (Å²) in [5, 5.41) is 0. The van der Waals surface area contributed by atoms with Gasteiger partial charge in [-0.15, -0.1) is 0 Å². The second-order valence-electron chi connectivity index (χ2n) is 6.59. The zero-order chi connectivity index (χ0) is 17.2. The second kappa shape index (κ2) is 10.3. The Hall–Kier alpha value is -1.55. The average Bonchev–Trinajstić information content (AvgIpc) is 3.38. The number of ether oxygens (including phenoxy) is 2. The van der Waals surface area contributed by atoms with Crippen LogP contribution in [-0.4, -0.2) is 18.6 Å². The van der Waals surface area contributed by atoms with Crippen LogP contribution in [0.1, 0.15) is 76.4 Å². The monoisotopic (exact) mass is 333 g/mol. The fraction of sp³-hybridized carbons (Fsp3) is 0.650. The van der Waals surface area contributed by atoms with Crippen molar-refractivity contribution < 1.29 is 14.3 Å². The molecule has 1 aliphatic rings. The van der Waals surface area contributed by atoms with Crippen LogP contribution in [0.4, 0.5) is 0 Å². The number of hydrogen-bond acceptors (Lipinski definition) is 3. The molecule has 1 heterocycles. The van der Waals surface area contributed by atoms with E-state index in [-0.39, 0.29) is 6.10 Å². The van der Waals surface area contributed by atoms with E-state index in [0.29, 0.717) is 6.61 Å². The van der Waals surface area contributed by atoms with E-state index in [4.69, 9.17) is 15.2 Å². The lowest BCUT2D eigenvalue weighted by molar-refractivity contribution is -0.119. The van der Waals surface area contributed by atoms with E-state index in [1.165, 1.54) is 51.4 Å². The lowest BCUT2D eigenvalue weighted by Crippen LogP contribution is -2.18.